The summed E-state index contributed by atoms with van der Waals surface area (Å²) in [5.74, 6) is 2.91. The fourth-order valence-corrected chi connectivity index (χ4v) is 2.29. The molecule has 0 radical (unpaired) electrons. The molecule has 0 unspecified atom stereocenters. The monoisotopic (exact) mass is 283 g/mol. The van der Waals surface area contributed by atoms with E-state index in [1.54, 1.807) is 0 Å². The molecule has 0 atom stereocenters. The Bertz CT molecular complexity index is 769. The molecule has 7 heteroatoms. The first-order chi connectivity index (χ1) is 10.3. The van der Waals surface area contributed by atoms with Gasteiger partial charge in [0.05, 0.1) is 5.39 Å². The number of hydrogen-bond donors (Lipinski definition) is 4. The van der Waals surface area contributed by atoms with Crippen LogP contribution in [0, 0.1) is 12.8 Å². The van der Waals surface area contributed by atoms with Gasteiger partial charge in [0.25, 0.3) is 0 Å². The minimum atomic E-state index is 0.537. The molecular weight excluding hydrogens is 266 g/mol. The van der Waals surface area contributed by atoms with Crippen LogP contribution < -0.4 is 10.6 Å². The molecule has 3 heterocycles. The van der Waals surface area contributed by atoms with E-state index in [1.807, 2.05) is 25.3 Å². The summed E-state index contributed by atoms with van der Waals surface area (Å²) in [6, 6.07) is 3.91. The molecule has 0 aromatic carbocycles. The first-order valence-corrected chi connectivity index (χ1v) is 7.16. The standard InChI is InChI=1S/C14H17N7/c1-8-6-11(21-20-8)17-14-18-12-10(4-5-15-12)13(19-14)16-7-9-2-3-9/h4-6,9H,2-3,7H2,1H3,(H4,15,16,17,18,19,20,21). The van der Waals surface area contributed by atoms with Crippen molar-refractivity contribution in [2.45, 2.75) is 19.8 Å². The zero-order valence-electron chi connectivity index (χ0n) is 11.8. The summed E-state index contributed by atoms with van der Waals surface area (Å²) in [7, 11) is 0. The van der Waals surface area contributed by atoms with E-state index in [-0.39, 0.29) is 0 Å². The van der Waals surface area contributed by atoms with Gasteiger partial charge in [-0.1, -0.05) is 0 Å². The summed E-state index contributed by atoms with van der Waals surface area (Å²) in [6.07, 6.45) is 4.50. The first-order valence-electron chi connectivity index (χ1n) is 7.16. The Kier molecular flexibility index (Phi) is 2.77. The van der Waals surface area contributed by atoms with Crippen molar-refractivity contribution in [3.63, 3.8) is 0 Å². The second-order valence-corrected chi connectivity index (χ2v) is 5.52. The van der Waals surface area contributed by atoms with Gasteiger partial charge in [0, 0.05) is 24.5 Å². The summed E-state index contributed by atoms with van der Waals surface area (Å²) < 4.78 is 0. The fourth-order valence-electron chi connectivity index (χ4n) is 2.29. The van der Waals surface area contributed by atoms with Crippen LogP contribution in [-0.4, -0.2) is 31.7 Å². The lowest BCUT2D eigenvalue weighted by Crippen LogP contribution is -2.07. The van der Waals surface area contributed by atoms with Gasteiger partial charge in [-0.25, -0.2) is 0 Å². The molecule has 108 valence electrons. The molecule has 0 saturated heterocycles. The topological polar surface area (TPSA) is 94.3 Å². The molecule has 1 aliphatic carbocycles. The minimum Gasteiger partial charge on any atom is -0.369 e. The lowest BCUT2D eigenvalue weighted by Gasteiger charge is -2.08. The predicted octanol–water partition coefficient (Wildman–Crippen LogP) is 2.55. The lowest BCUT2D eigenvalue weighted by atomic mass is 10.3. The van der Waals surface area contributed by atoms with Crippen molar-refractivity contribution in [2.75, 3.05) is 17.2 Å². The SMILES string of the molecule is Cc1cc(Nc2nc(NCC3CC3)c3cc[nH]c3n2)n[nH]1. The second-order valence-electron chi connectivity index (χ2n) is 5.52. The maximum Gasteiger partial charge on any atom is 0.232 e. The molecule has 0 bridgehead atoms. The van der Waals surface area contributed by atoms with Crippen LogP contribution in [0.1, 0.15) is 18.5 Å². The van der Waals surface area contributed by atoms with Gasteiger partial charge in [-0.2, -0.15) is 15.1 Å². The number of hydrogen-bond acceptors (Lipinski definition) is 5. The number of aromatic nitrogens is 5. The zero-order chi connectivity index (χ0) is 14.2. The molecule has 4 rings (SSSR count). The average Bonchev–Trinajstić information content (AvgIpc) is 3.02. The summed E-state index contributed by atoms with van der Waals surface area (Å²) in [5, 5.41) is 14.6. The van der Waals surface area contributed by atoms with Gasteiger partial charge in [0.2, 0.25) is 5.95 Å². The Labute approximate surface area is 121 Å². The van der Waals surface area contributed by atoms with Crippen molar-refractivity contribution < 1.29 is 0 Å². The third kappa shape index (κ3) is 2.54. The van der Waals surface area contributed by atoms with Gasteiger partial charge in [-0.05, 0) is 31.7 Å². The minimum absolute atomic E-state index is 0.537. The van der Waals surface area contributed by atoms with Crippen molar-refractivity contribution in [3.8, 4) is 0 Å². The van der Waals surface area contributed by atoms with E-state index < -0.39 is 0 Å². The number of aryl methyl sites for hydroxylation is 1. The quantitative estimate of drug-likeness (QED) is 0.577. The Morgan fingerprint density at radius 1 is 1.33 bits per heavy atom. The van der Waals surface area contributed by atoms with Crippen molar-refractivity contribution in [3.05, 3.63) is 24.0 Å². The highest BCUT2D eigenvalue weighted by Gasteiger charge is 2.21. The van der Waals surface area contributed by atoms with Gasteiger partial charge in [0.15, 0.2) is 5.82 Å². The average molecular weight is 283 g/mol. The summed E-state index contributed by atoms with van der Waals surface area (Å²) >= 11 is 0. The summed E-state index contributed by atoms with van der Waals surface area (Å²) in [4.78, 5) is 12.2. The third-order valence-electron chi connectivity index (χ3n) is 3.62. The molecule has 0 spiro atoms. The first kappa shape index (κ1) is 12.2. The fraction of sp³-hybridized carbons (Fsp3) is 0.357. The number of H-pyrrole nitrogens is 2. The van der Waals surface area contributed by atoms with Crippen LogP contribution in [0.25, 0.3) is 11.0 Å². The van der Waals surface area contributed by atoms with Gasteiger partial charge in [-0.3, -0.25) is 5.10 Å². The highest BCUT2D eigenvalue weighted by atomic mass is 15.2. The zero-order valence-corrected chi connectivity index (χ0v) is 11.8. The summed E-state index contributed by atoms with van der Waals surface area (Å²) in [5.41, 5.74) is 1.81. The maximum absolute atomic E-state index is 4.57. The van der Waals surface area contributed by atoms with Gasteiger partial charge in [-0.15, -0.1) is 0 Å². The highest BCUT2D eigenvalue weighted by molar-refractivity contribution is 5.88. The van der Waals surface area contributed by atoms with Crippen molar-refractivity contribution in [2.24, 2.45) is 5.92 Å². The Morgan fingerprint density at radius 2 is 2.24 bits per heavy atom. The number of nitrogens with zero attached hydrogens (tertiary/aromatic N) is 3. The van der Waals surface area contributed by atoms with Crippen molar-refractivity contribution in [1.82, 2.24) is 25.1 Å². The van der Waals surface area contributed by atoms with Crippen LogP contribution in [0.4, 0.5) is 17.6 Å². The number of aromatic amines is 2. The Balaban J connectivity index is 1.64. The van der Waals surface area contributed by atoms with E-state index in [0.29, 0.717) is 11.8 Å². The second kappa shape index (κ2) is 4.76. The number of rotatable bonds is 5. The van der Waals surface area contributed by atoms with E-state index >= 15 is 0 Å². The van der Waals surface area contributed by atoms with Gasteiger partial charge >= 0.3 is 0 Å². The van der Waals surface area contributed by atoms with E-state index in [0.717, 1.165) is 35.0 Å². The Hall–Kier alpha value is -2.57. The molecule has 1 aliphatic rings. The summed E-state index contributed by atoms with van der Waals surface area (Å²) in [6.45, 7) is 2.92. The van der Waals surface area contributed by atoms with Crippen LogP contribution in [-0.2, 0) is 0 Å². The molecule has 7 nitrogen and oxygen atoms in total. The van der Waals surface area contributed by atoms with Crippen LogP contribution in [0.15, 0.2) is 18.3 Å². The van der Waals surface area contributed by atoms with E-state index in [1.165, 1.54) is 12.8 Å². The number of fused-ring (bicyclic) bond motifs is 1. The molecule has 4 N–H and O–H groups in total. The molecule has 1 saturated carbocycles. The molecule has 1 fully saturated rings. The molecule has 0 amide bonds. The molecule has 3 aromatic rings. The van der Waals surface area contributed by atoms with Gasteiger partial charge in [0.1, 0.15) is 11.5 Å². The Morgan fingerprint density at radius 3 is 3.00 bits per heavy atom. The van der Waals surface area contributed by atoms with Crippen molar-refractivity contribution >= 4 is 28.6 Å². The molecule has 3 aromatic heterocycles. The van der Waals surface area contributed by atoms with Crippen molar-refractivity contribution in [1.29, 1.82) is 0 Å². The number of anilines is 3. The molecule has 21 heavy (non-hydrogen) atoms. The highest BCUT2D eigenvalue weighted by Crippen LogP contribution is 2.30. The van der Waals surface area contributed by atoms with E-state index in [4.69, 9.17) is 0 Å². The van der Waals surface area contributed by atoms with Crippen LogP contribution in [0.3, 0.4) is 0 Å². The van der Waals surface area contributed by atoms with E-state index in [2.05, 4.69) is 35.8 Å². The van der Waals surface area contributed by atoms with Gasteiger partial charge < -0.3 is 15.6 Å². The third-order valence-corrected chi connectivity index (χ3v) is 3.62. The van der Waals surface area contributed by atoms with Crippen LogP contribution >= 0.6 is 0 Å². The van der Waals surface area contributed by atoms with Crippen LogP contribution in [0.5, 0.6) is 0 Å². The van der Waals surface area contributed by atoms with Crippen LogP contribution in [0.2, 0.25) is 0 Å². The van der Waals surface area contributed by atoms with E-state index in [9.17, 15) is 0 Å². The predicted molar refractivity (Wildman–Crippen MR) is 81.7 cm³/mol. The molecule has 0 aliphatic heterocycles. The largest absolute Gasteiger partial charge is 0.369 e. The maximum atomic E-state index is 4.57. The lowest BCUT2D eigenvalue weighted by molar-refractivity contribution is 0.884. The molecular formula is C14H17N7. The number of nitrogens with one attached hydrogen (secondary N) is 4. The normalized spacial score (nSPS) is 14.5. The smallest absolute Gasteiger partial charge is 0.232 e.